The van der Waals surface area contributed by atoms with Crippen molar-refractivity contribution in [1.29, 1.82) is 0 Å². The molecule has 0 aromatic heterocycles. The second-order valence-corrected chi connectivity index (χ2v) is 14.3. The Morgan fingerprint density at radius 3 is 0.775 bits per heavy atom. The first kappa shape index (κ1) is 26.0. The predicted octanol–water partition coefficient (Wildman–Crippen LogP) is -3.15. The maximum absolute atomic E-state index is 4.15. The molecular formula is C28H52N12. The van der Waals surface area contributed by atoms with Crippen molar-refractivity contribution in [2.75, 3.05) is 26.2 Å². The van der Waals surface area contributed by atoms with Gasteiger partial charge in [-0.25, -0.2) is 0 Å². The van der Waals surface area contributed by atoms with E-state index in [1.807, 2.05) is 0 Å². The Morgan fingerprint density at radius 2 is 0.500 bits per heavy atom. The molecule has 16 unspecified atom stereocenters. The van der Waals surface area contributed by atoms with Gasteiger partial charge >= 0.3 is 0 Å². The molecule has 12 heteroatoms. The molecule has 0 spiro atoms. The Morgan fingerprint density at radius 1 is 0.275 bits per heavy atom. The normalized spacial score (nSPS) is 57.6. The van der Waals surface area contributed by atoms with Gasteiger partial charge in [-0.3, -0.25) is 42.5 Å². The summed E-state index contributed by atoms with van der Waals surface area (Å²) in [6.07, 6.45) is 12.3. The van der Waals surface area contributed by atoms with Crippen LogP contribution in [-0.4, -0.2) is 99.7 Å². The van der Waals surface area contributed by atoms with E-state index in [1.54, 1.807) is 0 Å². The largest absolute Gasteiger partial charge is 0.311 e. The minimum Gasteiger partial charge on any atom is -0.311 e. The molecule has 0 aromatic carbocycles. The van der Waals surface area contributed by atoms with E-state index in [0.717, 1.165) is 26.2 Å². The molecule has 9 heterocycles. The summed E-state index contributed by atoms with van der Waals surface area (Å²) in [7, 11) is 0. The van der Waals surface area contributed by atoms with E-state index in [1.165, 1.54) is 51.4 Å². The van der Waals surface area contributed by atoms with Crippen LogP contribution in [0.1, 0.15) is 51.4 Å². The second-order valence-electron chi connectivity index (χ2n) is 14.3. The molecule has 0 amide bonds. The maximum Gasteiger partial charge on any atom is 0.0758 e. The summed E-state index contributed by atoms with van der Waals surface area (Å²) in [6, 6.07) is 1.78. The summed E-state index contributed by atoms with van der Waals surface area (Å²) >= 11 is 0. The Kier molecular flexibility index (Phi) is 6.88. The molecule has 9 rings (SSSR count). The number of fused-ring (bicyclic) bond motifs is 20. The smallest absolute Gasteiger partial charge is 0.0758 e. The van der Waals surface area contributed by atoms with Gasteiger partial charge in [0.15, 0.2) is 0 Å². The molecule has 12 N–H and O–H groups in total. The molecule has 0 aliphatic carbocycles. The average Bonchev–Trinajstić information content (AvgIpc) is 3.73. The lowest BCUT2D eigenvalue weighted by molar-refractivity contribution is 0.206. The standard InChI is InChI=1S/C28H52N12/c1-5-13-17(29-9-1)25-34-21(13)33-22-14-6-2-11-31-19(14)27(35-22)40-28-20-16(8-4-12-32-20)24(39-28)38-26-18-15(7-3-10-30-18)23(36-25)37-26/h13-40H,1-12H2. The van der Waals surface area contributed by atoms with Gasteiger partial charge in [-0.1, -0.05) is 0 Å². The first-order valence-corrected chi connectivity index (χ1v) is 16.8. The van der Waals surface area contributed by atoms with E-state index >= 15 is 0 Å². The topological polar surface area (TPSA) is 144 Å². The predicted molar refractivity (Wildman–Crippen MR) is 153 cm³/mol. The number of piperidine rings is 4. The third kappa shape index (κ3) is 4.33. The average molecular weight is 557 g/mol. The molecule has 0 aromatic rings. The van der Waals surface area contributed by atoms with Crippen LogP contribution in [0.5, 0.6) is 0 Å². The molecule has 40 heavy (non-hydrogen) atoms. The zero-order valence-electron chi connectivity index (χ0n) is 23.7. The van der Waals surface area contributed by atoms with Crippen molar-refractivity contribution in [3.63, 3.8) is 0 Å². The first-order valence-electron chi connectivity index (χ1n) is 16.8. The summed E-state index contributed by atoms with van der Waals surface area (Å²) in [5.41, 5.74) is 0. The molecule has 9 saturated heterocycles. The molecule has 12 nitrogen and oxygen atoms in total. The van der Waals surface area contributed by atoms with Crippen molar-refractivity contribution in [3.05, 3.63) is 0 Å². The highest BCUT2D eigenvalue weighted by Gasteiger charge is 2.54. The lowest BCUT2D eigenvalue weighted by atomic mass is 9.87. The van der Waals surface area contributed by atoms with E-state index in [2.05, 4.69) is 63.8 Å². The Hall–Kier alpha value is -0.480. The lowest BCUT2D eigenvalue weighted by Crippen LogP contribution is -2.64. The van der Waals surface area contributed by atoms with Gasteiger partial charge in [0.2, 0.25) is 0 Å². The van der Waals surface area contributed by atoms with Gasteiger partial charge < -0.3 is 21.3 Å². The van der Waals surface area contributed by atoms with Crippen LogP contribution >= 0.6 is 0 Å². The van der Waals surface area contributed by atoms with Crippen LogP contribution in [0.15, 0.2) is 0 Å². The highest BCUT2D eigenvalue weighted by Crippen LogP contribution is 2.35. The number of nitrogens with one attached hydrogen (secondary N) is 12. The fraction of sp³-hybridized carbons (Fsp3) is 1.00. The summed E-state index contributed by atoms with van der Waals surface area (Å²) in [6.45, 7) is 4.48. The van der Waals surface area contributed by atoms with E-state index in [-0.39, 0.29) is 30.8 Å². The van der Waals surface area contributed by atoms with Crippen molar-refractivity contribution in [2.45, 2.75) is 125 Å². The van der Waals surface area contributed by atoms with Crippen molar-refractivity contribution >= 4 is 0 Å². The zero-order chi connectivity index (χ0) is 26.2. The van der Waals surface area contributed by atoms with Crippen LogP contribution in [0.3, 0.4) is 0 Å². The molecule has 0 saturated carbocycles. The van der Waals surface area contributed by atoms with Crippen molar-refractivity contribution in [2.24, 2.45) is 23.7 Å². The van der Waals surface area contributed by atoms with Gasteiger partial charge in [-0.2, -0.15) is 0 Å². The fourth-order valence-corrected chi connectivity index (χ4v) is 10.5. The zero-order valence-corrected chi connectivity index (χ0v) is 23.7. The third-order valence-electron chi connectivity index (χ3n) is 12.2. The molecular weight excluding hydrogens is 504 g/mol. The van der Waals surface area contributed by atoms with Gasteiger partial charge in [-0.05, 0) is 77.5 Å². The minimum absolute atomic E-state index is 0.239. The van der Waals surface area contributed by atoms with Crippen LogP contribution in [0.4, 0.5) is 0 Å². The fourth-order valence-electron chi connectivity index (χ4n) is 10.5. The Labute approximate surface area is 238 Å². The van der Waals surface area contributed by atoms with E-state index in [9.17, 15) is 0 Å². The van der Waals surface area contributed by atoms with Crippen molar-refractivity contribution in [1.82, 2.24) is 63.8 Å². The summed E-state index contributed by atoms with van der Waals surface area (Å²) in [4.78, 5) is 0. The lowest BCUT2D eigenvalue weighted by Gasteiger charge is -2.36. The minimum atomic E-state index is 0.239. The monoisotopic (exact) mass is 556 g/mol. The van der Waals surface area contributed by atoms with Crippen molar-refractivity contribution in [3.8, 4) is 0 Å². The van der Waals surface area contributed by atoms with Gasteiger partial charge in [0.05, 0.1) is 49.3 Å². The number of rotatable bonds is 0. The molecule has 9 fully saturated rings. The van der Waals surface area contributed by atoms with Crippen LogP contribution in [0, 0.1) is 23.7 Å². The molecule has 224 valence electrons. The summed E-state index contributed by atoms with van der Waals surface area (Å²) < 4.78 is 0. The third-order valence-corrected chi connectivity index (χ3v) is 12.2. The van der Waals surface area contributed by atoms with Crippen LogP contribution < -0.4 is 63.8 Å². The SMILES string of the molecule is C1CNC2C3NC(NC4NC(NC5NC(NC6NC(N3)C3CCCNC63)C3CCCNC53)C3NCCCC43)C2C1. The molecule has 0 radical (unpaired) electrons. The second kappa shape index (κ2) is 10.6. The number of hydrogen-bond donors (Lipinski definition) is 12. The van der Waals surface area contributed by atoms with Crippen LogP contribution in [0.2, 0.25) is 0 Å². The Balaban J connectivity index is 1.05. The summed E-state index contributed by atoms with van der Waals surface area (Å²) in [5.74, 6) is 2.34. The van der Waals surface area contributed by atoms with E-state index in [0.29, 0.717) is 66.3 Å². The van der Waals surface area contributed by atoms with Crippen molar-refractivity contribution < 1.29 is 0 Å². The molecule has 9 aliphatic rings. The van der Waals surface area contributed by atoms with Gasteiger partial charge in [0.1, 0.15) is 0 Å². The molecule has 9 aliphatic heterocycles. The highest BCUT2D eigenvalue weighted by atomic mass is 15.4. The maximum atomic E-state index is 4.15. The van der Waals surface area contributed by atoms with E-state index in [4.69, 9.17) is 0 Å². The quantitative estimate of drug-likeness (QED) is 0.147. The van der Waals surface area contributed by atoms with Gasteiger partial charge in [-0.15, -0.1) is 0 Å². The molecule has 16 atom stereocenters. The number of hydrogen-bond acceptors (Lipinski definition) is 12. The van der Waals surface area contributed by atoms with Crippen LogP contribution in [0.25, 0.3) is 0 Å². The van der Waals surface area contributed by atoms with Gasteiger partial charge in [0.25, 0.3) is 0 Å². The molecule has 8 bridgehead atoms. The summed E-state index contributed by atoms with van der Waals surface area (Å²) in [5, 5.41) is 48.5. The van der Waals surface area contributed by atoms with Crippen LogP contribution in [-0.2, 0) is 0 Å². The van der Waals surface area contributed by atoms with Gasteiger partial charge in [0, 0.05) is 47.8 Å². The highest BCUT2D eigenvalue weighted by molar-refractivity contribution is 5.12. The Bertz CT molecular complexity index is 716. The van der Waals surface area contributed by atoms with E-state index < -0.39 is 0 Å². The first-order chi connectivity index (χ1) is 19.8.